The van der Waals surface area contributed by atoms with Crippen LogP contribution in [0.1, 0.15) is 37.7 Å². The van der Waals surface area contributed by atoms with Crippen LogP contribution in [0.5, 0.6) is 0 Å². The molecule has 1 aliphatic heterocycles. The second-order valence-electron chi connectivity index (χ2n) is 5.51. The van der Waals surface area contributed by atoms with Gasteiger partial charge in [0.1, 0.15) is 5.82 Å². The average molecular weight is 370 g/mol. The summed E-state index contributed by atoms with van der Waals surface area (Å²) in [6, 6.07) is 4.57. The van der Waals surface area contributed by atoms with Crippen molar-refractivity contribution in [2.45, 2.75) is 32.1 Å². The van der Waals surface area contributed by atoms with Gasteiger partial charge < -0.3 is 0 Å². The van der Waals surface area contributed by atoms with Crippen LogP contribution in [-0.2, 0) is 4.79 Å². The van der Waals surface area contributed by atoms with Gasteiger partial charge in [-0.15, -0.1) is 0 Å². The van der Waals surface area contributed by atoms with Gasteiger partial charge in [0.05, 0.1) is 17.2 Å². The summed E-state index contributed by atoms with van der Waals surface area (Å²) < 4.78 is 13.5. The third-order valence-corrected chi connectivity index (χ3v) is 4.27. The maximum atomic E-state index is 13.1. The lowest BCUT2D eigenvalue weighted by Crippen LogP contribution is -2.37. The molecule has 0 bridgehead atoms. The van der Waals surface area contributed by atoms with Crippen molar-refractivity contribution in [2.24, 2.45) is 5.10 Å². The molecule has 0 aromatic heterocycles. The van der Waals surface area contributed by atoms with Crippen molar-refractivity contribution in [3.63, 3.8) is 0 Å². The number of carbonyl (C=O) groups excluding carboxylic acids is 1. The lowest BCUT2D eigenvalue weighted by Gasteiger charge is -2.23. The van der Waals surface area contributed by atoms with Crippen LogP contribution in [0.3, 0.4) is 0 Å². The van der Waals surface area contributed by atoms with Gasteiger partial charge in [0, 0.05) is 0 Å². The van der Waals surface area contributed by atoms with Gasteiger partial charge in [0.15, 0.2) is 0 Å². The topological polar surface area (TPSA) is 44.7 Å². The minimum atomic E-state index is -0.321. The summed E-state index contributed by atoms with van der Waals surface area (Å²) in [6.07, 6.45) is 7.61. The van der Waals surface area contributed by atoms with Crippen molar-refractivity contribution in [3.05, 3.63) is 34.1 Å². The summed E-state index contributed by atoms with van der Waals surface area (Å²) >= 11 is 3.12. The van der Waals surface area contributed by atoms with Crippen molar-refractivity contribution >= 4 is 28.1 Å². The molecule has 1 aromatic carbocycles. The van der Waals surface area contributed by atoms with Gasteiger partial charge in [-0.2, -0.15) is 5.10 Å². The Bertz CT molecular complexity index is 528. The monoisotopic (exact) mass is 369 g/mol. The number of halogens is 2. The summed E-state index contributed by atoms with van der Waals surface area (Å²) in [5, 5.41) is 3.93. The normalized spacial score (nSPS) is 17.2. The Morgan fingerprint density at radius 1 is 1.27 bits per heavy atom. The summed E-state index contributed by atoms with van der Waals surface area (Å²) in [4.78, 5) is 14.1. The zero-order valence-electron chi connectivity index (χ0n) is 12.5. The molecule has 0 saturated carbocycles. The van der Waals surface area contributed by atoms with Crippen LogP contribution in [0.15, 0.2) is 27.8 Å². The first-order valence-corrected chi connectivity index (χ1v) is 8.44. The maximum Gasteiger partial charge on any atom is 0.254 e. The standard InChI is InChI=1S/C16H21BrFN3O/c17-14-10-13(6-7-15(14)18)11-19-20-16(22)12-21-8-4-2-1-3-5-9-21/h6-7,10-11H,1-5,8-9,12H2,(H,20,22). The number of hydrazone groups is 1. The third-order valence-electron chi connectivity index (χ3n) is 3.66. The van der Waals surface area contributed by atoms with Gasteiger partial charge in [-0.05, 0) is 59.6 Å². The molecule has 1 aromatic rings. The Morgan fingerprint density at radius 3 is 2.64 bits per heavy atom. The first-order chi connectivity index (χ1) is 10.6. The van der Waals surface area contributed by atoms with E-state index in [1.807, 2.05) is 0 Å². The van der Waals surface area contributed by atoms with Gasteiger partial charge in [-0.25, -0.2) is 9.82 Å². The number of benzene rings is 1. The Balaban J connectivity index is 1.78. The molecule has 0 spiro atoms. The van der Waals surface area contributed by atoms with Crippen LogP contribution < -0.4 is 5.43 Å². The number of hydrogen-bond acceptors (Lipinski definition) is 3. The van der Waals surface area contributed by atoms with Crippen LogP contribution in [0.4, 0.5) is 4.39 Å². The number of amides is 1. The maximum absolute atomic E-state index is 13.1. The number of rotatable bonds is 4. The third kappa shape index (κ3) is 5.85. The molecule has 6 heteroatoms. The molecule has 2 rings (SSSR count). The van der Waals surface area contributed by atoms with Crippen molar-refractivity contribution < 1.29 is 9.18 Å². The first-order valence-electron chi connectivity index (χ1n) is 7.64. The minimum absolute atomic E-state index is 0.113. The van der Waals surface area contributed by atoms with Crippen LogP contribution >= 0.6 is 15.9 Å². The fraction of sp³-hybridized carbons (Fsp3) is 0.500. The molecule has 120 valence electrons. The van der Waals surface area contributed by atoms with E-state index in [1.54, 1.807) is 12.1 Å². The van der Waals surface area contributed by atoms with Gasteiger partial charge >= 0.3 is 0 Å². The highest BCUT2D eigenvalue weighted by molar-refractivity contribution is 9.10. The molecular formula is C16H21BrFN3O. The second-order valence-corrected chi connectivity index (χ2v) is 6.36. The molecule has 1 saturated heterocycles. The van der Waals surface area contributed by atoms with Crippen LogP contribution in [0, 0.1) is 5.82 Å². The number of nitrogens with one attached hydrogen (secondary N) is 1. The predicted octanol–water partition coefficient (Wildman–Crippen LogP) is 3.30. The Kier molecular flexibility index (Phi) is 6.99. The highest BCUT2D eigenvalue weighted by Gasteiger charge is 2.11. The Labute approximate surface area is 138 Å². The van der Waals surface area contributed by atoms with E-state index in [-0.39, 0.29) is 11.7 Å². The minimum Gasteiger partial charge on any atom is -0.294 e. The molecule has 0 radical (unpaired) electrons. The quantitative estimate of drug-likeness (QED) is 0.653. The second kappa shape index (κ2) is 9.00. The molecular weight excluding hydrogens is 349 g/mol. The SMILES string of the molecule is O=C(CN1CCCCCCC1)NN=Cc1ccc(F)c(Br)c1. The lowest BCUT2D eigenvalue weighted by atomic mass is 10.1. The molecule has 1 amide bonds. The molecule has 1 N–H and O–H groups in total. The van der Waals surface area contributed by atoms with Crippen LogP contribution in [0.2, 0.25) is 0 Å². The Morgan fingerprint density at radius 2 is 1.95 bits per heavy atom. The van der Waals surface area contributed by atoms with E-state index in [0.717, 1.165) is 31.5 Å². The predicted molar refractivity (Wildman–Crippen MR) is 89.4 cm³/mol. The van der Waals surface area contributed by atoms with Crippen LogP contribution in [0.25, 0.3) is 0 Å². The fourth-order valence-corrected chi connectivity index (χ4v) is 2.88. The summed E-state index contributed by atoms with van der Waals surface area (Å²) in [5.74, 6) is -0.434. The highest BCUT2D eigenvalue weighted by atomic mass is 79.9. The molecule has 0 aliphatic carbocycles. The zero-order chi connectivity index (χ0) is 15.8. The van der Waals surface area contributed by atoms with Crippen molar-refractivity contribution in [1.82, 2.24) is 10.3 Å². The van der Waals surface area contributed by atoms with E-state index in [0.29, 0.717) is 11.0 Å². The van der Waals surface area contributed by atoms with E-state index in [4.69, 9.17) is 0 Å². The number of carbonyl (C=O) groups is 1. The fourth-order valence-electron chi connectivity index (χ4n) is 2.48. The average Bonchev–Trinajstić information content (AvgIpc) is 2.45. The summed E-state index contributed by atoms with van der Waals surface area (Å²) in [5.41, 5.74) is 3.25. The lowest BCUT2D eigenvalue weighted by molar-refractivity contribution is -0.122. The van der Waals surface area contributed by atoms with Gasteiger partial charge in [-0.3, -0.25) is 9.69 Å². The molecule has 0 atom stereocenters. The number of hydrogen-bond donors (Lipinski definition) is 1. The first kappa shape index (κ1) is 17.1. The van der Waals surface area contributed by atoms with E-state index in [1.165, 1.54) is 31.5 Å². The van der Waals surface area contributed by atoms with Crippen molar-refractivity contribution in [3.8, 4) is 0 Å². The number of nitrogens with zero attached hydrogens (tertiary/aromatic N) is 2. The molecule has 4 nitrogen and oxygen atoms in total. The molecule has 1 aliphatic rings. The molecule has 1 fully saturated rings. The molecule has 0 unspecified atom stereocenters. The zero-order valence-corrected chi connectivity index (χ0v) is 14.1. The van der Waals surface area contributed by atoms with E-state index in [9.17, 15) is 9.18 Å². The largest absolute Gasteiger partial charge is 0.294 e. The van der Waals surface area contributed by atoms with Crippen molar-refractivity contribution in [1.29, 1.82) is 0 Å². The molecule has 22 heavy (non-hydrogen) atoms. The molecule has 1 heterocycles. The summed E-state index contributed by atoms with van der Waals surface area (Å²) in [6.45, 7) is 2.33. The van der Waals surface area contributed by atoms with E-state index < -0.39 is 0 Å². The number of likely N-dealkylation sites (tertiary alicyclic amines) is 1. The van der Waals surface area contributed by atoms with Crippen molar-refractivity contribution in [2.75, 3.05) is 19.6 Å². The summed E-state index contributed by atoms with van der Waals surface area (Å²) in [7, 11) is 0. The van der Waals surface area contributed by atoms with Gasteiger partial charge in [0.2, 0.25) is 0 Å². The van der Waals surface area contributed by atoms with Crippen LogP contribution in [-0.4, -0.2) is 36.7 Å². The van der Waals surface area contributed by atoms with Gasteiger partial charge in [-0.1, -0.05) is 25.3 Å². The Hall–Kier alpha value is -1.27. The van der Waals surface area contributed by atoms with E-state index >= 15 is 0 Å². The van der Waals surface area contributed by atoms with Gasteiger partial charge in [0.25, 0.3) is 5.91 Å². The highest BCUT2D eigenvalue weighted by Crippen LogP contribution is 2.15. The van der Waals surface area contributed by atoms with E-state index in [2.05, 4.69) is 31.4 Å². The smallest absolute Gasteiger partial charge is 0.254 e.